The highest BCUT2D eigenvalue weighted by molar-refractivity contribution is 5.98. The molecule has 35 heavy (non-hydrogen) atoms. The van der Waals surface area contributed by atoms with E-state index in [4.69, 9.17) is 4.74 Å². The van der Waals surface area contributed by atoms with Crippen LogP contribution in [-0.4, -0.2) is 71.2 Å². The second-order valence-corrected chi connectivity index (χ2v) is 9.13. The number of anilines is 1. The van der Waals surface area contributed by atoms with E-state index in [0.29, 0.717) is 49.8 Å². The minimum atomic E-state index is -0.728. The second kappa shape index (κ2) is 11.5. The normalized spacial score (nSPS) is 18.9. The Kier molecular flexibility index (Phi) is 8.20. The maximum Gasteiger partial charge on any atom is 0.255 e. The molecule has 188 valence electrons. The number of aromatic nitrogens is 1. The lowest BCUT2D eigenvalue weighted by atomic mass is 9.93. The SMILES string of the molecule is CCOc1c(C(=O)NCC(O)C2Cc3ccccc3CN2)ccnc1NC1CCN(C(C)=O)CC1. The van der Waals surface area contributed by atoms with Gasteiger partial charge in [-0.05, 0) is 43.4 Å². The number of fused-ring (bicyclic) bond motifs is 1. The Morgan fingerprint density at radius 1 is 1.23 bits per heavy atom. The predicted molar refractivity (Wildman–Crippen MR) is 133 cm³/mol. The van der Waals surface area contributed by atoms with Crippen LogP contribution in [0.1, 0.15) is 48.2 Å². The van der Waals surface area contributed by atoms with Gasteiger partial charge in [-0.2, -0.15) is 0 Å². The Bertz CT molecular complexity index is 1040. The minimum Gasteiger partial charge on any atom is -0.489 e. The van der Waals surface area contributed by atoms with E-state index in [-0.39, 0.29) is 30.4 Å². The number of aliphatic hydroxyl groups excluding tert-OH is 1. The summed E-state index contributed by atoms with van der Waals surface area (Å²) in [6, 6.07) is 9.82. The molecule has 2 amide bonds. The van der Waals surface area contributed by atoms with Crippen molar-refractivity contribution in [2.75, 3.05) is 31.6 Å². The average Bonchev–Trinajstić information content (AvgIpc) is 2.88. The lowest BCUT2D eigenvalue weighted by Gasteiger charge is -2.32. The molecule has 2 unspecified atom stereocenters. The fourth-order valence-corrected chi connectivity index (χ4v) is 4.74. The van der Waals surface area contributed by atoms with Gasteiger partial charge in [0, 0.05) is 51.4 Å². The number of pyridine rings is 1. The highest BCUT2D eigenvalue weighted by Gasteiger charge is 2.27. The Labute approximate surface area is 206 Å². The molecule has 4 rings (SSSR count). The first kappa shape index (κ1) is 24.9. The molecule has 0 spiro atoms. The predicted octanol–water partition coefficient (Wildman–Crippen LogP) is 1.71. The van der Waals surface area contributed by atoms with E-state index in [1.54, 1.807) is 19.2 Å². The summed E-state index contributed by atoms with van der Waals surface area (Å²) in [6.07, 6.45) is 3.16. The van der Waals surface area contributed by atoms with Gasteiger partial charge in [-0.15, -0.1) is 0 Å². The maximum atomic E-state index is 13.1. The Morgan fingerprint density at radius 3 is 2.69 bits per heavy atom. The van der Waals surface area contributed by atoms with Gasteiger partial charge in [0.2, 0.25) is 5.91 Å². The minimum absolute atomic E-state index is 0.0880. The number of carbonyl (C=O) groups excluding carboxylic acids is 2. The summed E-state index contributed by atoms with van der Waals surface area (Å²) in [5, 5.41) is 20.4. The summed E-state index contributed by atoms with van der Waals surface area (Å²) in [6.45, 7) is 6.04. The number of carbonyl (C=O) groups is 2. The van der Waals surface area contributed by atoms with Crippen molar-refractivity contribution >= 4 is 17.6 Å². The highest BCUT2D eigenvalue weighted by Crippen LogP contribution is 2.29. The third-order valence-corrected chi connectivity index (χ3v) is 6.77. The summed E-state index contributed by atoms with van der Waals surface area (Å²) in [5.41, 5.74) is 2.84. The smallest absolute Gasteiger partial charge is 0.255 e. The summed E-state index contributed by atoms with van der Waals surface area (Å²) in [4.78, 5) is 30.9. The number of nitrogens with zero attached hydrogens (tertiary/aromatic N) is 2. The van der Waals surface area contributed by atoms with Crippen molar-refractivity contribution in [3.63, 3.8) is 0 Å². The van der Waals surface area contributed by atoms with Crippen molar-refractivity contribution < 1.29 is 19.4 Å². The zero-order valence-corrected chi connectivity index (χ0v) is 20.4. The fraction of sp³-hybridized carbons (Fsp3) is 0.500. The van der Waals surface area contributed by atoms with Gasteiger partial charge in [-0.25, -0.2) is 4.98 Å². The van der Waals surface area contributed by atoms with E-state index in [2.05, 4.69) is 33.1 Å². The molecule has 0 aliphatic carbocycles. The first-order chi connectivity index (χ1) is 17.0. The van der Waals surface area contributed by atoms with Gasteiger partial charge in [0.15, 0.2) is 11.6 Å². The van der Waals surface area contributed by atoms with Gasteiger partial charge in [0.1, 0.15) is 0 Å². The van der Waals surface area contributed by atoms with E-state index in [1.165, 1.54) is 11.1 Å². The topological polar surface area (TPSA) is 116 Å². The third kappa shape index (κ3) is 6.10. The van der Waals surface area contributed by atoms with E-state index < -0.39 is 6.10 Å². The summed E-state index contributed by atoms with van der Waals surface area (Å²) in [7, 11) is 0. The summed E-state index contributed by atoms with van der Waals surface area (Å²) < 4.78 is 5.83. The molecule has 2 aromatic rings. The van der Waals surface area contributed by atoms with Crippen LogP contribution in [0.4, 0.5) is 5.82 Å². The van der Waals surface area contributed by atoms with Crippen molar-refractivity contribution in [1.82, 2.24) is 20.5 Å². The number of rotatable bonds is 8. The quantitative estimate of drug-likeness (QED) is 0.454. The number of amides is 2. The molecule has 1 saturated heterocycles. The number of hydrogen-bond acceptors (Lipinski definition) is 7. The molecule has 2 aliphatic rings. The van der Waals surface area contributed by atoms with Crippen molar-refractivity contribution in [3.05, 3.63) is 53.2 Å². The number of hydrogen-bond donors (Lipinski definition) is 4. The number of benzene rings is 1. The lowest BCUT2D eigenvalue weighted by molar-refractivity contribution is -0.129. The monoisotopic (exact) mass is 481 g/mol. The van der Waals surface area contributed by atoms with Gasteiger partial charge < -0.3 is 30.7 Å². The molecule has 2 aliphatic heterocycles. The third-order valence-electron chi connectivity index (χ3n) is 6.77. The molecule has 4 N–H and O–H groups in total. The number of nitrogens with one attached hydrogen (secondary N) is 3. The zero-order valence-electron chi connectivity index (χ0n) is 20.4. The molecule has 0 bridgehead atoms. The molecule has 0 saturated carbocycles. The summed E-state index contributed by atoms with van der Waals surface area (Å²) in [5.74, 6) is 0.693. The first-order valence-corrected chi connectivity index (χ1v) is 12.4. The van der Waals surface area contributed by atoms with Gasteiger partial charge in [0.25, 0.3) is 5.91 Å². The second-order valence-electron chi connectivity index (χ2n) is 9.13. The molecule has 1 aromatic heterocycles. The van der Waals surface area contributed by atoms with Crippen molar-refractivity contribution in [3.8, 4) is 5.75 Å². The average molecular weight is 482 g/mol. The molecule has 9 nitrogen and oxygen atoms in total. The molecular weight excluding hydrogens is 446 g/mol. The highest BCUT2D eigenvalue weighted by atomic mass is 16.5. The molecule has 2 atom stereocenters. The Hall–Kier alpha value is -3.17. The molecule has 3 heterocycles. The van der Waals surface area contributed by atoms with Gasteiger partial charge in [0.05, 0.1) is 18.3 Å². The first-order valence-electron chi connectivity index (χ1n) is 12.4. The van der Waals surface area contributed by atoms with E-state index in [1.807, 2.05) is 24.0 Å². The van der Waals surface area contributed by atoms with Gasteiger partial charge >= 0.3 is 0 Å². The molecular formula is C26H35N5O4. The fourth-order valence-electron chi connectivity index (χ4n) is 4.74. The summed E-state index contributed by atoms with van der Waals surface area (Å²) >= 11 is 0. The number of aliphatic hydroxyl groups is 1. The van der Waals surface area contributed by atoms with Crippen LogP contribution in [-0.2, 0) is 17.8 Å². The largest absolute Gasteiger partial charge is 0.489 e. The van der Waals surface area contributed by atoms with Gasteiger partial charge in [-0.3, -0.25) is 9.59 Å². The van der Waals surface area contributed by atoms with Crippen LogP contribution in [0.3, 0.4) is 0 Å². The van der Waals surface area contributed by atoms with Crippen molar-refractivity contribution in [2.45, 2.75) is 57.8 Å². The molecule has 1 aromatic carbocycles. The Balaban J connectivity index is 1.38. The van der Waals surface area contributed by atoms with E-state index in [0.717, 1.165) is 12.8 Å². The van der Waals surface area contributed by atoms with Crippen LogP contribution in [0.5, 0.6) is 5.75 Å². The van der Waals surface area contributed by atoms with Crippen molar-refractivity contribution in [1.29, 1.82) is 0 Å². The molecule has 9 heteroatoms. The van der Waals surface area contributed by atoms with Crippen LogP contribution >= 0.6 is 0 Å². The van der Waals surface area contributed by atoms with Crippen LogP contribution in [0.2, 0.25) is 0 Å². The Morgan fingerprint density at radius 2 is 1.97 bits per heavy atom. The van der Waals surface area contributed by atoms with E-state index in [9.17, 15) is 14.7 Å². The van der Waals surface area contributed by atoms with Crippen molar-refractivity contribution in [2.24, 2.45) is 0 Å². The number of piperidine rings is 1. The van der Waals surface area contributed by atoms with E-state index >= 15 is 0 Å². The maximum absolute atomic E-state index is 13.1. The number of ether oxygens (including phenoxy) is 1. The van der Waals surface area contributed by atoms with Crippen LogP contribution in [0, 0.1) is 0 Å². The molecule has 0 radical (unpaired) electrons. The number of likely N-dealkylation sites (tertiary alicyclic amines) is 1. The van der Waals surface area contributed by atoms with Crippen LogP contribution in [0.25, 0.3) is 0 Å². The molecule has 1 fully saturated rings. The zero-order chi connectivity index (χ0) is 24.8. The van der Waals surface area contributed by atoms with Crippen LogP contribution < -0.4 is 20.7 Å². The standard InChI is InChI=1S/C26H35N5O4/c1-3-35-24-21(8-11-27-25(24)30-20-9-12-31(13-10-20)17(2)32)26(34)29-16-23(33)22-14-18-6-4-5-7-19(18)15-28-22/h4-8,11,20,22-23,28,33H,3,9-10,12-16H2,1-2H3,(H,27,30)(H,29,34). The van der Waals surface area contributed by atoms with Crippen LogP contribution in [0.15, 0.2) is 36.5 Å². The van der Waals surface area contributed by atoms with Gasteiger partial charge in [-0.1, -0.05) is 24.3 Å². The lowest BCUT2D eigenvalue weighted by Crippen LogP contribution is -2.49.